The standard InChI is InChI=1S/C26H20Cl2N2O4/c1-15(31)34-20-9-10-21-22(13-20)25(24(28)14-23(21)27)30-26(32)29-18-7-3-5-16(11-18)17-6-4-8-19(12-17)33-2/h3-14H,1-2H3,(H2,29,30,32). The van der Waals surface area contributed by atoms with Gasteiger partial charge in [-0.15, -0.1) is 0 Å². The summed E-state index contributed by atoms with van der Waals surface area (Å²) in [6, 6.07) is 21.1. The van der Waals surface area contributed by atoms with E-state index >= 15 is 0 Å². The van der Waals surface area contributed by atoms with Gasteiger partial charge in [0.05, 0.1) is 22.8 Å². The van der Waals surface area contributed by atoms with Crippen LogP contribution < -0.4 is 20.1 Å². The number of carbonyl (C=O) groups is 2. The number of hydrogen-bond donors (Lipinski definition) is 2. The monoisotopic (exact) mass is 494 g/mol. The van der Waals surface area contributed by atoms with Crippen molar-refractivity contribution in [2.45, 2.75) is 6.92 Å². The fourth-order valence-corrected chi connectivity index (χ4v) is 4.13. The van der Waals surface area contributed by atoms with E-state index in [0.717, 1.165) is 16.9 Å². The number of fused-ring (bicyclic) bond motifs is 1. The predicted octanol–water partition coefficient (Wildman–Crippen LogP) is 7.39. The van der Waals surface area contributed by atoms with Gasteiger partial charge >= 0.3 is 12.0 Å². The molecule has 0 atom stereocenters. The van der Waals surface area contributed by atoms with Gasteiger partial charge in [-0.3, -0.25) is 4.79 Å². The number of benzene rings is 4. The van der Waals surface area contributed by atoms with Crippen LogP contribution in [0.5, 0.6) is 11.5 Å². The van der Waals surface area contributed by atoms with Gasteiger partial charge in [0.15, 0.2) is 0 Å². The summed E-state index contributed by atoms with van der Waals surface area (Å²) in [4.78, 5) is 24.2. The Balaban J connectivity index is 1.61. The zero-order chi connectivity index (χ0) is 24.2. The molecule has 34 heavy (non-hydrogen) atoms. The van der Waals surface area contributed by atoms with Crippen LogP contribution in [0, 0.1) is 0 Å². The van der Waals surface area contributed by atoms with Gasteiger partial charge in [-0.05, 0) is 59.7 Å². The molecule has 0 heterocycles. The molecule has 0 aliphatic heterocycles. The first kappa shape index (κ1) is 23.4. The highest BCUT2D eigenvalue weighted by atomic mass is 35.5. The van der Waals surface area contributed by atoms with Gasteiger partial charge in [-0.2, -0.15) is 0 Å². The van der Waals surface area contributed by atoms with E-state index in [9.17, 15) is 9.59 Å². The first-order valence-electron chi connectivity index (χ1n) is 10.3. The van der Waals surface area contributed by atoms with E-state index in [1.54, 1.807) is 37.4 Å². The van der Waals surface area contributed by atoms with Crippen molar-refractivity contribution in [1.29, 1.82) is 0 Å². The fraction of sp³-hybridized carbons (Fsp3) is 0.0769. The quantitative estimate of drug-likeness (QED) is 0.224. The van der Waals surface area contributed by atoms with Crippen LogP contribution in [0.2, 0.25) is 10.0 Å². The van der Waals surface area contributed by atoms with Gasteiger partial charge < -0.3 is 20.1 Å². The van der Waals surface area contributed by atoms with Crippen LogP contribution in [0.3, 0.4) is 0 Å². The normalized spacial score (nSPS) is 10.6. The average molecular weight is 495 g/mol. The molecule has 0 bridgehead atoms. The topological polar surface area (TPSA) is 76.7 Å². The minimum atomic E-state index is -0.494. The molecule has 0 aliphatic carbocycles. The number of anilines is 2. The van der Waals surface area contributed by atoms with Crippen LogP contribution in [0.1, 0.15) is 6.92 Å². The maximum atomic E-state index is 12.9. The van der Waals surface area contributed by atoms with Gasteiger partial charge in [-0.1, -0.05) is 47.5 Å². The van der Waals surface area contributed by atoms with Crippen LogP contribution in [-0.4, -0.2) is 19.1 Å². The number of methoxy groups -OCH3 is 1. The molecular weight excluding hydrogens is 475 g/mol. The van der Waals surface area contributed by atoms with E-state index in [-0.39, 0.29) is 5.02 Å². The third kappa shape index (κ3) is 5.25. The number of rotatable bonds is 5. The van der Waals surface area contributed by atoms with Gasteiger partial charge in [0.2, 0.25) is 0 Å². The van der Waals surface area contributed by atoms with Crippen molar-refractivity contribution >= 4 is 57.3 Å². The summed E-state index contributed by atoms with van der Waals surface area (Å²) in [5.74, 6) is 0.592. The minimum Gasteiger partial charge on any atom is -0.497 e. The molecule has 0 saturated carbocycles. The van der Waals surface area contributed by atoms with Crippen molar-refractivity contribution in [3.8, 4) is 22.6 Å². The Morgan fingerprint density at radius 1 is 0.765 bits per heavy atom. The van der Waals surface area contributed by atoms with Crippen molar-refractivity contribution in [3.05, 3.63) is 82.8 Å². The van der Waals surface area contributed by atoms with Crippen molar-refractivity contribution in [2.75, 3.05) is 17.7 Å². The SMILES string of the molecule is COc1cccc(-c2cccc(NC(=O)Nc3c(Cl)cc(Cl)c4ccc(OC(C)=O)cc34)c2)c1. The zero-order valence-corrected chi connectivity index (χ0v) is 19.8. The summed E-state index contributed by atoms with van der Waals surface area (Å²) < 4.78 is 10.5. The Labute approximate surface area is 206 Å². The number of ether oxygens (including phenoxy) is 2. The number of nitrogens with one attached hydrogen (secondary N) is 2. The molecule has 4 aromatic rings. The van der Waals surface area contributed by atoms with E-state index in [0.29, 0.717) is 32.9 Å². The van der Waals surface area contributed by atoms with Crippen LogP contribution in [0.4, 0.5) is 16.2 Å². The lowest BCUT2D eigenvalue weighted by Crippen LogP contribution is -2.20. The average Bonchev–Trinajstić information content (AvgIpc) is 2.81. The second-order valence-corrected chi connectivity index (χ2v) is 8.22. The third-order valence-electron chi connectivity index (χ3n) is 5.03. The lowest BCUT2D eigenvalue weighted by atomic mass is 10.0. The van der Waals surface area contributed by atoms with E-state index in [4.69, 9.17) is 32.7 Å². The molecular formula is C26H20Cl2N2O4. The Morgan fingerprint density at radius 3 is 2.24 bits per heavy atom. The van der Waals surface area contributed by atoms with Crippen molar-refractivity contribution in [3.63, 3.8) is 0 Å². The number of amides is 2. The third-order valence-corrected chi connectivity index (χ3v) is 5.64. The summed E-state index contributed by atoms with van der Waals surface area (Å²) in [6.45, 7) is 1.31. The van der Waals surface area contributed by atoms with Gasteiger partial charge in [0, 0.05) is 23.4 Å². The Hall–Kier alpha value is -3.74. The molecule has 6 nitrogen and oxygen atoms in total. The maximum Gasteiger partial charge on any atom is 0.323 e. The van der Waals surface area contributed by atoms with E-state index in [1.165, 1.54) is 6.92 Å². The summed E-state index contributed by atoms with van der Waals surface area (Å²) in [6.07, 6.45) is 0. The van der Waals surface area contributed by atoms with Crippen molar-refractivity contribution in [2.24, 2.45) is 0 Å². The molecule has 172 valence electrons. The van der Waals surface area contributed by atoms with E-state index in [1.807, 2.05) is 42.5 Å². The van der Waals surface area contributed by atoms with Crippen molar-refractivity contribution < 1.29 is 19.1 Å². The molecule has 2 amide bonds. The summed E-state index contributed by atoms with van der Waals surface area (Å²) in [5.41, 5.74) is 2.80. The molecule has 4 aromatic carbocycles. The summed E-state index contributed by atoms with van der Waals surface area (Å²) >= 11 is 12.7. The maximum absolute atomic E-state index is 12.9. The van der Waals surface area contributed by atoms with Crippen LogP contribution in [0.15, 0.2) is 72.8 Å². The van der Waals surface area contributed by atoms with E-state index < -0.39 is 12.0 Å². The second-order valence-electron chi connectivity index (χ2n) is 7.41. The molecule has 2 N–H and O–H groups in total. The van der Waals surface area contributed by atoms with Gasteiger partial charge in [-0.25, -0.2) is 4.79 Å². The van der Waals surface area contributed by atoms with E-state index in [2.05, 4.69) is 10.6 Å². The first-order valence-corrected chi connectivity index (χ1v) is 11.0. The number of urea groups is 1. The second kappa shape index (κ2) is 10.0. The molecule has 0 saturated heterocycles. The molecule has 0 spiro atoms. The highest BCUT2D eigenvalue weighted by Crippen LogP contribution is 2.38. The molecule has 8 heteroatoms. The first-order chi connectivity index (χ1) is 16.3. The number of halogens is 2. The molecule has 0 unspecified atom stereocenters. The van der Waals surface area contributed by atoms with Crippen LogP contribution in [-0.2, 0) is 4.79 Å². The number of esters is 1. The molecule has 0 aromatic heterocycles. The molecule has 0 radical (unpaired) electrons. The Morgan fingerprint density at radius 2 is 1.50 bits per heavy atom. The number of hydrogen-bond acceptors (Lipinski definition) is 4. The molecule has 4 rings (SSSR count). The summed E-state index contributed by atoms with van der Waals surface area (Å²) in [5, 5.41) is 7.46. The Bertz CT molecular complexity index is 1410. The van der Waals surface area contributed by atoms with Crippen LogP contribution >= 0.6 is 23.2 Å². The lowest BCUT2D eigenvalue weighted by molar-refractivity contribution is -0.131. The highest BCUT2D eigenvalue weighted by Gasteiger charge is 2.15. The largest absolute Gasteiger partial charge is 0.497 e. The zero-order valence-electron chi connectivity index (χ0n) is 18.3. The van der Waals surface area contributed by atoms with Crippen molar-refractivity contribution in [1.82, 2.24) is 0 Å². The smallest absolute Gasteiger partial charge is 0.323 e. The lowest BCUT2D eigenvalue weighted by Gasteiger charge is -2.14. The summed E-state index contributed by atoms with van der Waals surface area (Å²) in [7, 11) is 1.61. The van der Waals surface area contributed by atoms with Gasteiger partial charge in [0.1, 0.15) is 11.5 Å². The number of carbonyl (C=O) groups excluding carboxylic acids is 2. The molecule has 0 aliphatic rings. The Kier molecular flexibility index (Phi) is 6.91. The fourth-order valence-electron chi connectivity index (χ4n) is 3.54. The highest BCUT2D eigenvalue weighted by molar-refractivity contribution is 6.41. The predicted molar refractivity (Wildman–Crippen MR) is 136 cm³/mol. The van der Waals surface area contributed by atoms with Crippen LogP contribution in [0.25, 0.3) is 21.9 Å². The minimum absolute atomic E-state index is 0.248. The van der Waals surface area contributed by atoms with Gasteiger partial charge in [0.25, 0.3) is 0 Å². The molecule has 0 fully saturated rings.